The molecule has 0 aliphatic carbocycles. The normalized spacial score (nSPS) is 19.9. The van der Waals surface area contributed by atoms with Gasteiger partial charge in [0.2, 0.25) is 0 Å². The first-order chi connectivity index (χ1) is 7.98. The molecule has 2 N–H and O–H groups in total. The maximum absolute atomic E-state index is 11.5. The molecular weight excluding hydrogens is 304 g/mol. The summed E-state index contributed by atoms with van der Waals surface area (Å²) in [5.74, 6) is 0.514. The summed E-state index contributed by atoms with van der Waals surface area (Å²) in [6, 6.07) is 5.60. The van der Waals surface area contributed by atoms with Gasteiger partial charge in [0.1, 0.15) is 0 Å². The highest BCUT2D eigenvalue weighted by molar-refractivity contribution is 9.10. The molecule has 6 heteroatoms. The molecule has 1 saturated heterocycles. The fraction of sp³-hybridized carbons (Fsp3) is 0.455. The van der Waals surface area contributed by atoms with Crippen molar-refractivity contribution in [3.05, 3.63) is 22.7 Å². The number of nitrogen functional groups attached to an aromatic ring is 1. The van der Waals surface area contributed by atoms with Gasteiger partial charge in [-0.15, -0.1) is 0 Å². The van der Waals surface area contributed by atoms with Gasteiger partial charge in [-0.05, 0) is 40.5 Å². The lowest BCUT2D eigenvalue weighted by molar-refractivity contribution is 0.597. The Bertz CT molecular complexity index is 516. The Balaban J connectivity index is 2.23. The summed E-state index contributed by atoms with van der Waals surface area (Å²) < 4.78 is 24.0. The number of rotatable bonds is 1. The largest absolute Gasteiger partial charge is 0.399 e. The average molecular weight is 319 g/mol. The van der Waals surface area contributed by atoms with Gasteiger partial charge in [0, 0.05) is 23.2 Å². The molecule has 0 bridgehead atoms. The Labute approximate surface area is 110 Å². The number of sulfone groups is 1. The van der Waals surface area contributed by atoms with Gasteiger partial charge in [-0.1, -0.05) is 0 Å². The third-order valence-corrected chi connectivity index (χ3v) is 5.22. The minimum Gasteiger partial charge on any atom is -0.399 e. The van der Waals surface area contributed by atoms with Crippen LogP contribution in [0.2, 0.25) is 0 Å². The third kappa shape index (κ3) is 3.13. The van der Waals surface area contributed by atoms with Gasteiger partial charge in [0.25, 0.3) is 0 Å². The van der Waals surface area contributed by atoms with Crippen LogP contribution in [0.25, 0.3) is 0 Å². The molecule has 1 aliphatic rings. The molecule has 0 unspecified atom stereocenters. The number of benzene rings is 1. The van der Waals surface area contributed by atoms with E-state index in [9.17, 15) is 8.42 Å². The van der Waals surface area contributed by atoms with E-state index in [1.165, 1.54) is 0 Å². The first kappa shape index (κ1) is 12.7. The molecule has 0 spiro atoms. The summed E-state index contributed by atoms with van der Waals surface area (Å²) >= 11 is 3.47. The first-order valence-electron chi connectivity index (χ1n) is 5.48. The highest BCUT2D eigenvalue weighted by Crippen LogP contribution is 2.29. The van der Waals surface area contributed by atoms with Gasteiger partial charge in [0.05, 0.1) is 17.2 Å². The van der Waals surface area contributed by atoms with Gasteiger partial charge in [0.15, 0.2) is 9.84 Å². The van der Waals surface area contributed by atoms with Gasteiger partial charge < -0.3 is 10.6 Å². The van der Waals surface area contributed by atoms with E-state index in [1.54, 1.807) is 0 Å². The smallest absolute Gasteiger partial charge is 0.152 e. The van der Waals surface area contributed by atoms with E-state index >= 15 is 0 Å². The van der Waals surface area contributed by atoms with E-state index in [-0.39, 0.29) is 11.5 Å². The van der Waals surface area contributed by atoms with Crippen LogP contribution < -0.4 is 10.6 Å². The molecule has 4 nitrogen and oxygen atoms in total. The zero-order valence-corrected chi connectivity index (χ0v) is 11.8. The Morgan fingerprint density at radius 1 is 1.24 bits per heavy atom. The zero-order chi connectivity index (χ0) is 12.5. The highest BCUT2D eigenvalue weighted by Gasteiger charge is 2.20. The Morgan fingerprint density at radius 2 is 2.00 bits per heavy atom. The van der Waals surface area contributed by atoms with E-state index in [0.717, 1.165) is 16.7 Å². The van der Waals surface area contributed by atoms with Crippen LogP contribution in [0.4, 0.5) is 11.4 Å². The van der Waals surface area contributed by atoms with E-state index in [2.05, 4.69) is 20.8 Å². The summed E-state index contributed by atoms with van der Waals surface area (Å²) in [6.07, 6.45) is 0.680. The lowest BCUT2D eigenvalue weighted by Gasteiger charge is -2.23. The van der Waals surface area contributed by atoms with Crippen molar-refractivity contribution in [2.24, 2.45) is 0 Å². The van der Waals surface area contributed by atoms with E-state index < -0.39 is 9.84 Å². The summed E-state index contributed by atoms with van der Waals surface area (Å²) in [7, 11) is -2.86. The second-order valence-electron chi connectivity index (χ2n) is 4.20. The molecule has 0 amide bonds. The number of nitrogens with two attached hydrogens (primary N) is 1. The molecule has 17 heavy (non-hydrogen) atoms. The predicted molar refractivity (Wildman–Crippen MR) is 74.0 cm³/mol. The topological polar surface area (TPSA) is 63.4 Å². The van der Waals surface area contributed by atoms with Crippen molar-refractivity contribution in [3.63, 3.8) is 0 Å². The van der Waals surface area contributed by atoms with Gasteiger partial charge >= 0.3 is 0 Å². The molecule has 0 saturated carbocycles. The molecular formula is C11H15BrN2O2S. The molecule has 0 radical (unpaired) electrons. The Morgan fingerprint density at radius 3 is 2.71 bits per heavy atom. The van der Waals surface area contributed by atoms with Crippen molar-refractivity contribution in [2.75, 3.05) is 35.2 Å². The first-order valence-corrected chi connectivity index (χ1v) is 8.10. The summed E-state index contributed by atoms with van der Waals surface area (Å²) in [6.45, 7) is 1.31. The van der Waals surface area contributed by atoms with Crippen molar-refractivity contribution >= 4 is 37.1 Å². The quantitative estimate of drug-likeness (QED) is 0.800. The lowest BCUT2D eigenvalue weighted by atomic mass is 10.2. The van der Waals surface area contributed by atoms with Gasteiger partial charge in [-0.2, -0.15) is 0 Å². The maximum atomic E-state index is 11.5. The summed E-state index contributed by atoms with van der Waals surface area (Å²) in [4.78, 5) is 2.09. The van der Waals surface area contributed by atoms with Crippen molar-refractivity contribution in [2.45, 2.75) is 6.42 Å². The Hall–Kier alpha value is -0.750. The minimum atomic E-state index is -2.86. The molecule has 0 atom stereocenters. The second-order valence-corrected chi connectivity index (χ2v) is 7.36. The maximum Gasteiger partial charge on any atom is 0.152 e. The van der Waals surface area contributed by atoms with Gasteiger partial charge in [-0.3, -0.25) is 0 Å². The van der Waals surface area contributed by atoms with Crippen molar-refractivity contribution < 1.29 is 8.42 Å². The third-order valence-electron chi connectivity index (χ3n) is 2.87. The van der Waals surface area contributed by atoms with Crippen LogP contribution in [-0.4, -0.2) is 33.0 Å². The molecule has 1 aromatic carbocycles. The van der Waals surface area contributed by atoms with Crippen molar-refractivity contribution in [1.82, 2.24) is 0 Å². The molecule has 0 aromatic heterocycles. The molecule has 2 rings (SSSR count). The monoisotopic (exact) mass is 318 g/mol. The van der Waals surface area contributed by atoms with Gasteiger partial charge in [-0.25, -0.2) is 8.42 Å². The summed E-state index contributed by atoms with van der Waals surface area (Å²) in [5.41, 5.74) is 7.39. The number of hydrogen-bond acceptors (Lipinski definition) is 4. The van der Waals surface area contributed by atoms with E-state index in [4.69, 9.17) is 5.73 Å². The highest BCUT2D eigenvalue weighted by atomic mass is 79.9. The fourth-order valence-electron chi connectivity index (χ4n) is 1.96. The van der Waals surface area contributed by atoms with Crippen LogP contribution in [0.1, 0.15) is 6.42 Å². The molecule has 1 aromatic rings. The predicted octanol–water partition coefficient (Wildman–Crippen LogP) is 1.66. The number of anilines is 2. The molecule has 1 fully saturated rings. The molecule has 94 valence electrons. The number of nitrogens with zero attached hydrogens (tertiary/aromatic N) is 1. The van der Waals surface area contributed by atoms with Crippen LogP contribution >= 0.6 is 15.9 Å². The summed E-state index contributed by atoms with van der Waals surface area (Å²) in [5, 5.41) is 0. The SMILES string of the molecule is Nc1ccc(N2CCCS(=O)(=O)CC2)c(Br)c1. The Kier molecular flexibility index (Phi) is 3.63. The second kappa shape index (κ2) is 4.86. The standard InChI is InChI=1S/C11H15BrN2O2S/c12-10-8-9(13)2-3-11(10)14-4-1-6-17(15,16)7-5-14/h2-3,8H,1,4-7,13H2. The zero-order valence-electron chi connectivity index (χ0n) is 9.39. The number of halogens is 1. The lowest BCUT2D eigenvalue weighted by Crippen LogP contribution is -2.27. The minimum absolute atomic E-state index is 0.226. The van der Waals surface area contributed by atoms with Crippen LogP contribution in [0.3, 0.4) is 0 Å². The molecule has 1 heterocycles. The average Bonchev–Trinajstić information content (AvgIpc) is 2.40. The van der Waals surface area contributed by atoms with Crippen molar-refractivity contribution in [3.8, 4) is 0 Å². The molecule has 1 aliphatic heterocycles. The fourth-order valence-corrected chi connectivity index (χ4v) is 3.88. The van der Waals surface area contributed by atoms with E-state index in [1.807, 2.05) is 18.2 Å². The van der Waals surface area contributed by atoms with Crippen LogP contribution in [0.15, 0.2) is 22.7 Å². The van der Waals surface area contributed by atoms with Crippen LogP contribution in [0, 0.1) is 0 Å². The van der Waals surface area contributed by atoms with Crippen LogP contribution in [-0.2, 0) is 9.84 Å². The number of hydrogen-bond donors (Lipinski definition) is 1. The van der Waals surface area contributed by atoms with E-state index in [0.29, 0.717) is 18.7 Å². The van der Waals surface area contributed by atoms with Crippen molar-refractivity contribution in [1.29, 1.82) is 0 Å². The van der Waals surface area contributed by atoms with Crippen LogP contribution in [0.5, 0.6) is 0 Å².